The fraction of sp³-hybridized carbons (Fsp3) is 0.130. The molecule has 3 aromatic carbocycles. The molecule has 6 nitrogen and oxygen atoms in total. The van der Waals surface area contributed by atoms with Crippen molar-refractivity contribution < 1.29 is 23.8 Å². The highest BCUT2D eigenvalue weighted by Crippen LogP contribution is 2.33. The number of methoxy groups -OCH3 is 1. The van der Waals surface area contributed by atoms with Gasteiger partial charge in [-0.2, -0.15) is 0 Å². The second-order valence-corrected chi connectivity index (χ2v) is 6.69. The molecule has 0 heterocycles. The number of hydrogen-bond donors (Lipinski definition) is 1. The number of ketones is 1. The molecule has 0 bridgehead atoms. The van der Waals surface area contributed by atoms with Gasteiger partial charge in [0.05, 0.1) is 17.8 Å². The van der Waals surface area contributed by atoms with Crippen molar-refractivity contribution in [3.63, 3.8) is 0 Å². The lowest BCUT2D eigenvalue weighted by atomic mass is 10.1. The van der Waals surface area contributed by atoms with Crippen molar-refractivity contribution in [1.82, 2.24) is 0 Å². The smallest absolute Gasteiger partial charge is 0.262 e. The third kappa shape index (κ3) is 5.30. The van der Waals surface area contributed by atoms with E-state index < -0.39 is 0 Å². The van der Waals surface area contributed by atoms with Crippen LogP contribution in [0.1, 0.15) is 17.3 Å². The second-order valence-electron chi connectivity index (χ2n) is 6.29. The molecule has 0 aliphatic rings. The summed E-state index contributed by atoms with van der Waals surface area (Å²) in [4.78, 5) is 23.9. The summed E-state index contributed by atoms with van der Waals surface area (Å²) in [6.07, 6.45) is 0. The van der Waals surface area contributed by atoms with Gasteiger partial charge in [0.25, 0.3) is 5.91 Å². The minimum Gasteiger partial charge on any atom is -0.493 e. The molecule has 30 heavy (non-hydrogen) atoms. The Balaban J connectivity index is 1.67. The Morgan fingerprint density at radius 1 is 0.900 bits per heavy atom. The number of nitrogens with one attached hydrogen (secondary N) is 1. The van der Waals surface area contributed by atoms with Gasteiger partial charge in [-0.1, -0.05) is 35.9 Å². The lowest BCUT2D eigenvalue weighted by Crippen LogP contribution is -2.20. The van der Waals surface area contributed by atoms with E-state index in [2.05, 4.69) is 5.32 Å². The zero-order chi connectivity index (χ0) is 21.5. The Kier molecular flexibility index (Phi) is 6.93. The fourth-order valence-corrected chi connectivity index (χ4v) is 2.81. The molecular formula is C23H20ClNO5. The highest BCUT2D eigenvalue weighted by atomic mass is 35.5. The van der Waals surface area contributed by atoms with Crippen LogP contribution < -0.4 is 19.5 Å². The molecule has 0 aliphatic heterocycles. The number of carbonyl (C=O) groups is 2. The average molecular weight is 426 g/mol. The van der Waals surface area contributed by atoms with Gasteiger partial charge in [-0.15, -0.1) is 0 Å². The van der Waals surface area contributed by atoms with Gasteiger partial charge in [-0.25, -0.2) is 0 Å². The van der Waals surface area contributed by atoms with Crippen molar-refractivity contribution in [3.8, 4) is 23.0 Å². The molecule has 0 aliphatic carbocycles. The van der Waals surface area contributed by atoms with Gasteiger partial charge in [-0.3, -0.25) is 9.59 Å². The van der Waals surface area contributed by atoms with E-state index in [-0.39, 0.29) is 18.3 Å². The quantitative estimate of drug-likeness (QED) is 0.492. The Morgan fingerprint density at radius 3 is 2.30 bits per heavy atom. The molecule has 3 aromatic rings. The maximum Gasteiger partial charge on any atom is 0.262 e. The summed E-state index contributed by atoms with van der Waals surface area (Å²) in [5.41, 5.74) is 0.971. The number of para-hydroxylation sites is 3. The Morgan fingerprint density at radius 2 is 1.60 bits per heavy atom. The van der Waals surface area contributed by atoms with Crippen LogP contribution in [0, 0.1) is 0 Å². The molecule has 3 rings (SSSR count). The molecule has 0 saturated carbocycles. The topological polar surface area (TPSA) is 73.9 Å². The van der Waals surface area contributed by atoms with Crippen LogP contribution in [-0.2, 0) is 4.79 Å². The minimum atomic E-state index is -0.386. The first-order valence-electron chi connectivity index (χ1n) is 9.11. The zero-order valence-corrected chi connectivity index (χ0v) is 17.2. The summed E-state index contributed by atoms with van der Waals surface area (Å²) < 4.78 is 16.6. The Bertz CT molecular complexity index is 1070. The van der Waals surface area contributed by atoms with Crippen molar-refractivity contribution in [2.24, 2.45) is 0 Å². The molecule has 1 N–H and O–H groups in total. The first-order chi connectivity index (χ1) is 14.5. The van der Waals surface area contributed by atoms with Gasteiger partial charge in [0, 0.05) is 5.56 Å². The minimum absolute atomic E-state index is 0.0901. The number of anilines is 1. The summed E-state index contributed by atoms with van der Waals surface area (Å²) in [7, 11) is 1.47. The van der Waals surface area contributed by atoms with Gasteiger partial charge in [0.1, 0.15) is 5.75 Å². The van der Waals surface area contributed by atoms with Crippen LogP contribution in [0.15, 0.2) is 66.7 Å². The van der Waals surface area contributed by atoms with Gasteiger partial charge >= 0.3 is 0 Å². The third-order valence-corrected chi connectivity index (χ3v) is 4.46. The van der Waals surface area contributed by atoms with Gasteiger partial charge in [0.15, 0.2) is 29.6 Å². The van der Waals surface area contributed by atoms with Crippen LogP contribution >= 0.6 is 11.6 Å². The number of Topliss-reactive ketones (excluding diaryl/α,β-unsaturated/α-hetero) is 1. The largest absolute Gasteiger partial charge is 0.493 e. The van der Waals surface area contributed by atoms with Crippen molar-refractivity contribution in [2.45, 2.75) is 6.92 Å². The standard InChI is InChI=1S/C23H20ClNO5/c1-15(26)16-11-12-21(22(13-16)28-2)29-14-23(27)25-18-8-4-6-10-20(18)30-19-9-5-3-7-17(19)24/h3-13H,14H2,1-2H3,(H,25,27). The van der Waals surface area contributed by atoms with E-state index in [1.54, 1.807) is 66.7 Å². The first kappa shape index (κ1) is 21.2. The van der Waals surface area contributed by atoms with E-state index in [0.717, 1.165) is 0 Å². The van der Waals surface area contributed by atoms with E-state index >= 15 is 0 Å². The molecule has 0 saturated heterocycles. The van der Waals surface area contributed by atoms with Crippen LogP contribution in [0.25, 0.3) is 0 Å². The lowest BCUT2D eigenvalue weighted by molar-refractivity contribution is -0.118. The molecule has 154 valence electrons. The predicted molar refractivity (Wildman–Crippen MR) is 115 cm³/mol. The average Bonchev–Trinajstić information content (AvgIpc) is 2.75. The molecule has 0 radical (unpaired) electrons. The van der Waals surface area contributed by atoms with Crippen LogP contribution in [0.5, 0.6) is 23.0 Å². The number of rotatable bonds is 8. The van der Waals surface area contributed by atoms with Crippen LogP contribution in [-0.4, -0.2) is 25.4 Å². The number of ether oxygens (including phenoxy) is 3. The van der Waals surface area contributed by atoms with Gasteiger partial charge < -0.3 is 19.5 Å². The molecule has 0 aromatic heterocycles. The van der Waals surface area contributed by atoms with Crippen molar-refractivity contribution in [1.29, 1.82) is 0 Å². The molecule has 0 atom stereocenters. The first-order valence-corrected chi connectivity index (χ1v) is 9.48. The summed E-state index contributed by atoms with van der Waals surface area (Å²) in [5.74, 6) is 1.18. The zero-order valence-electron chi connectivity index (χ0n) is 16.5. The summed E-state index contributed by atoms with van der Waals surface area (Å²) in [6, 6.07) is 18.9. The summed E-state index contributed by atoms with van der Waals surface area (Å²) >= 11 is 6.14. The predicted octanol–water partition coefficient (Wildman–Crippen LogP) is 5.36. The number of benzene rings is 3. The monoisotopic (exact) mass is 425 g/mol. The second kappa shape index (κ2) is 9.80. The van der Waals surface area contributed by atoms with E-state index in [4.69, 9.17) is 25.8 Å². The van der Waals surface area contributed by atoms with Crippen LogP contribution in [0.4, 0.5) is 5.69 Å². The number of halogens is 1. The molecule has 0 unspecified atom stereocenters. The Hall–Kier alpha value is -3.51. The van der Waals surface area contributed by atoms with Gasteiger partial charge in [-0.05, 0) is 49.4 Å². The number of carbonyl (C=O) groups excluding carboxylic acids is 2. The van der Waals surface area contributed by atoms with Crippen molar-refractivity contribution >= 4 is 29.0 Å². The Labute approximate surface area is 179 Å². The normalized spacial score (nSPS) is 10.2. The van der Waals surface area contributed by atoms with E-state index in [1.807, 2.05) is 0 Å². The fourth-order valence-electron chi connectivity index (χ4n) is 2.64. The van der Waals surface area contributed by atoms with E-state index in [9.17, 15) is 9.59 Å². The van der Waals surface area contributed by atoms with Crippen LogP contribution in [0.3, 0.4) is 0 Å². The molecule has 7 heteroatoms. The molecule has 0 spiro atoms. The highest BCUT2D eigenvalue weighted by Gasteiger charge is 2.13. The molecule has 1 amide bonds. The maximum absolute atomic E-state index is 12.4. The van der Waals surface area contributed by atoms with E-state index in [0.29, 0.717) is 39.3 Å². The summed E-state index contributed by atoms with van der Waals surface area (Å²) in [5, 5.41) is 3.22. The van der Waals surface area contributed by atoms with Crippen molar-refractivity contribution in [2.75, 3.05) is 19.0 Å². The molecular weight excluding hydrogens is 406 g/mol. The van der Waals surface area contributed by atoms with Crippen LogP contribution in [0.2, 0.25) is 5.02 Å². The number of hydrogen-bond acceptors (Lipinski definition) is 5. The van der Waals surface area contributed by atoms with E-state index in [1.165, 1.54) is 14.0 Å². The highest BCUT2D eigenvalue weighted by molar-refractivity contribution is 6.32. The van der Waals surface area contributed by atoms with Crippen molar-refractivity contribution in [3.05, 3.63) is 77.3 Å². The number of amides is 1. The maximum atomic E-state index is 12.4. The lowest BCUT2D eigenvalue weighted by Gasteiger charge is -2.14. The summed E-state index contributed by atoms with van der Waals surface area (Å²) in [6.45, 7) is 1.21. The third-order valence-electron chi connectivity index (χ3n) is 4.15. The SMILES string of the molecule is COc1cc(C(C)=O)ccc1OCC(=O)Nc1ccccc1Oc1ccccc1Cl. The van der Waals surface area contributed by atoms with Gasteiger partial charge in [0.2, 0.25) is 0 Å². The molecule has 0 fully saturated rings.